The number of sulfonamides is 1. The molecule has 0 aliphatic carbocycles. The van der Waals surface area contributed by atoms with Crippen LogP contribution in [0.5, 0.6) is 11.5 Å². The number of amides is 1. The topological polar surface area (TPSA) is 93.7 Å². The second-order valence-corrected chi connectivity index (χ2v) is 6.51. The van der Waals surface area contributed by atoms with Crippen molar-refractivity contribution in [2.24, 2.45) is 0 Å². The van der Waals surface area contributed by atoms with Crippen molar-refractivity contribution in [3.8, 4) is 11.5 Å². The average Bonchev–Trinajstić information content (AvgIpc) is 2.54. The summed E-state index contributed by atoms with van der Waals surface area (Å²) in [7, 11) is -1.17. The molecule has 0 fully saturated rings. The molecule has 0 bridgehead atoms. The number of carbonyl (C=O) groups is 1. The number of anilines is 2. The molecule has 0 atom stereocenters. The highest BCUT2D eigenvalue weighted by Crippen LogP contribution is 2.36. The molecule has 0 aliphatic heterocycles. The summed E-state index contributed by atoms with van der Waals surface area (Å²) in [5, 5.41) is 2.57. The molecule has 0 unspecified atom stereocenters. The predicted molar refractivity (Wildman–Crippen MR) is 91.1 cm³/mol. The minimum Gasteiger partial charge on any atom is -0.495 e. The summed E-state index contributed by atoms with van der Waals surface area (Å²) < 4.78 is 38.1. The van der Waals surface area contributed by atoms with E-state index in [1.54, 1.807) is 30.3 Å². The van der Waals surface area contributed by atoms with Gasteiger partial charge in [0.05, 0.1) is 19.9 Å². The summed E-state index contributed by atoms with van der Waals surface area (Å²) in [5.41, 5.74) is 0.741. The fourth-order valence-corrected chi connectivity index (χ4v) is 3.31. The largest absolute Gasteiger partial charge is 0.495 e. The van der Waals surface area contributed by atoms with Crippen molar-refractivity contribution in [1.82, 2.24) is 0 Å². The van der Waals surface area contributed by atoms with Gasteiger partial charge in [-0.25, -0.2) is 8.42 Å². The average molecular weight is 350 g/mol. The number of benzene rings is 2. The first-order valence-electron chi connectivity index (χ1n) is 6.99. The van der Waals surface area contributed by atoms with Gasteiger partial charge in [-0.3, -0.25) is 9.52 Å². The molecule has 7 nitrogen and oxygen atoms in total. The third-order valence-corrected chi connectivity index (χ3v) is 4.51. The third kappa shape index (κ3) is 3.96. The van der Waals surface area contributed by atoms with Crippen LogP contribution in [-0.2, 0) is 14.8 Å². The van der Waals surface area contributed by atoms with Gasteiger partial charge in [-0.05, 0) is 12.1 Å². The van der Waals surface area contributed by atoms with Crippen LogP contribution in [-0.4, -0.2) is 28.5 Å². The van der Waals surface area contributed by atoms with E-state index < -0.39 is 10.0 Å². The second-order valence-electron chi connectivity index (χ2n) is 4.86. The van der Waals surface area contributed by atoms with Crippen molar-refractivity contribution in [2.75, 3.05) is 24.3 Å². The van der Waals surface area contributed by atoms with Crippen molar-refractivity contribution in [3.63, 3.8) is 0 Å². The van der Waals surface area contributed by atoms with Crippen molar-refractivity contribution in [1.29, 1.82) is 0 Å². The molecular weight excluding hydrogens is 332 g/mol. The molecule has 0 heterocycles. The van der Waals surface area contributed by atoms with Gasteiger partial charge in [-0.1, -0.05) is 18.2 Å². The highest BCUT2D eigenvalue weighted by atomic mass is 32.2. The zero-order chi connectivity index (χ0) is 17.7. The smallest absolute Gasteiger partial charge is 0.265 e. The van der Waals surface area contributed by atoms with Gasteiger partial charge in [0.2, 0.25) is 5.91 Å². The zero-order valence-electron chi connectivity index (χ0n) is 13.5. The number of nitrogens with one attached hydrogen (secondary N) is 2. The Labute approximate surface area is 140 Å². The van der Waals surface area contributed by atoms with Crippen LogP contribution in [0.1, 0.15) is 6.92 Å². The number of para-hydroxylation sites is 1. The van der Waals surface area contributed by atoms with E-state index in [-0.39, 0.29) is 22.3 Å². The molecule has 0 aromatic heterocycles. The number of ether oxygens (including phenoxy) is 2. The third-order valence-electron chi connectivity index (χ3n) is 3.11. The van der Waals surface area contributed by atoms with Crippen LogP contribution in [0.25, 0.3) is 0 Å². The molecule has 0 saturated heterocycles. The number of hydrogen-bond acceptors (Lipinski definition) is 5. The number of methoxy groups -OCH3 is 2. The van der Waals surface area contributed by atoms with Crippen LogP contribution < -0.4 is 19.5 Å². The van der Waals surface area contributed by atoms with E-state index in [1.807, 2.05) is 0 Å². The van der Waals surface area contributed by atoms with Crippen LogP contribution in [0.15, 0.2) is 47.4 Å². The molecule has 8 heteroatoms. The Morgan fingerprint density at radius 3 is 2.17 bits per heavy atom. The van der Waals surface area contributed by atoms with Gasteiger partial charge >= 0.3 is 0 Å². The lowest BCUT2D eigenvalue weighted by molar-refractivity contribution is -0.114. The van der Waals surface area contributed by atoms with Crippen molar-refractivity contribution in [2.45, 2.75) is 11.8 Å². The lowest BCUT2D eigenvalue weighted by Gasteiger charge is -2.16. The molecule has 2 aromatic rings. The van der Waals surface area contributed by atoms with Crippen molar-refractivity contribution >= 4 is 27.3 Å². The first-order valence-corrected chi connectivity index (χ1v) is 8.47. The quantitative estimate of drug-likeness (QED) is 0.835. The normalized spacial score (nSPS) is 10.8. The van der Waals surface area contributed by atoms with E-state index in [0.717, 1.165) is 0 Å². The Balaban J connectivity index is 2.50. The molecule has 1 amide bonds. The summed E-state index contributed by atoms with van der Waals surface area (Å²) in [6.07, 6.45) is 0. The standard InChI is InChI=1S/C16H18N2O5S/c1-11(19)17-13-9-15(23-3)16(10-14(13)22-2)24(20,21)18-12-7-5-4-6-8-12/h4-10,18H,1-3H3,(H,17,19). The van der Waals surface area contributed by atoms with Crippen LogP contribution in [0.2, 0.25) is 0 Å². The van der Waals surface area contributed by atoms with Gasteiger partial charge in [0.1, 0.15) is 16.4 Å². The summed E-state index contributed by atoms with van der Waals surface area (Å²) >= 11 is 0. The van der Waals surface area contributed by atoms with Gasteiger partial charge in [-0.15, -0.1) is 0 Å². The second kappa shape index (κ2) is 7.22. The van der Waals surface area contributed by atoms with Gasteiger partial charge in [0, 0.05) is 24.7 Å². The summed E-state index contributed by atoms with van der Waals surface area (Å²) in [4.78, 5) is 11.2. The first-order chi connectivity index (χ1) is 11.4. The Kier molecular flexibility index (Phi) is 5.30. The minimum atomic E-state index is -3.90. The molecule has 2 aromatic carbocycles. The lowest BCUT2D eigenvalue weighted by Crippen LogP contribution is -2.15. The predicted octanol–water partition coefficient (Wildman–Crippen LogP) is 2.46. The number of carbonyl (C=O) groups excluding carboxylic acids is 1. The van der Waals surface area contributed by atoms with Crippen LogP contribution in [0, 0.1) is 0 Å². The fourth-order valence-electron chi connectivity index (χ4n) is 2.08. The summed E-state index contributed by atoms with van der Waals surface area (Å²) in [6, 6.07) is 11.2. The van der Waals surface area contributed by atoms with E-state index >= 15 is 0 Å². The molecule has 128 valence electrons. The van der Waals surface area contributed by atoms with E-state index in [9.17, 15) is 13.2 Å². The monoisotopic (exact) mass is 350 g/mol. The molecule has 0 aliphatic rings. The van der Waals surface area contributed by atoms with Gasteiger partial charge < -0.3 is 14.8 Å². The Bertz CT molecular complexity index is 835. The number of rotatable bonds is 6. The minimum absolute atomic E-state index is 0.0861. The van der Waals surface area contributed by atoms with Crippen LogP contribution >= 0.6 is 0 Å². The molecule has 0 radical (unpaired) electrons. The van der Waals surface area contributed by atoms with E-state index in [2.05, 4.69) is 10.0 Å². The first kappa shape index (κ1) is 17.6. The number of hydrogen-bond donors (Lipinski definition) is 2. The van der Waals surface area contributed by atoms with E-state index in [4.69, 9.17) is 9.47 Å². The maximum atomic E-state index is 12.6. The summed E-state index contributed by atoms with van der Waals surface area (Å²) in [5.74, 6) is -0.0178. The zero-order valence-corrected chi connectivity index (χ0v) is 14.3. The maximum Gasteiger partial charge on any atom is 0.265 e. The van der Waals surface area contributed by atoms with E-state index in [1.165, 1.54) is 33.3 Å². The van der Waals surface area contributed by atoms with E-state index in [0.29, 0.717) is 11.4 Å². The van der Waals surface area contributed by atoms with Crippen molar-refractivity contribution in [3.05, 3.63) is 42.5 Å². The van der Waals surface area contributed by atoms with Crippen LogP contribution in [0.3, 0.4) is 0 Å². The van der Waals surface area contributed by atoms with Gasteiger partial charge in [0.15, 0.2) is 0 Å². The Morgan fingerprint density at radius 2 is 1.62 bits per heavy atom. The van der Waals surface area contributed by atoms with Crippen molar-refractivity contribution < 1.29 is 22.7 Å². The van der Waals surface area contributed by atoms with Gasteiger partial charge in [-0.2, -0.15) is 0 Å². The Morgan fingerprint density at radius 1 is 1.00 bits per heavy atom. The molecule has 2 rings (SSSR count). The molecule has 0 spiro atoms. The highest BCUT2D eigenvalue weighted by Gasteiger charge is 2.23. The maximum absolute atomic E-state index is 12.6. The molecule has 0 saturated carbocycles. The lowest BCUT2D eigenvalue weighted by atomic mass is 10.2. The highest BCUT2D eigenvalue weighted by molar-refractivity contribution is 7.92. The van der Waals surface area contributed by atoms with Crippen LogP contribution in [0.4, 0.5) is 11.4 Å². The Hall–Kier alpha value is -2.74. The SMILES string of the molecule is COc1cc(S(=O)(=O)Nc2ccccc2)c(OC)cc1NC(C)=O. The molecular formula is C16H18N2O5S. The van der Waals surface area contributed by atoms with Gasteiger partial charge in [0.25, 0.3) is 10.0 Å². The molecule has 2 N–H and O–H groups in total. The fraction of sp³-hybridized carbons (Fsp3) is 0.188. The molecule has 24 heavy (non-hydrogen) atoms. The summed E-state index contributed by atoms with van der Waals surface area (Å²) in [6.45, 7) is 1.34.